The molecule has 3 fully saturated rings. The monoisotopic (exact) mass is 295 g/mol. The number of amides is 1. The van der Waals surface area contributed by atoms with E-state index in [0.717, 1.165) is 34.6 Å². The lowest BCUT2D eigenvalue weighted by Gasteiger charge is -2.49. The zero-order valence-corrected chi connectivity index (χ0v) is 12.8. The first-order valence-electron chi connectivity index (χ1n) is 8.49. The van der Waals surface area contributed by atoms with Crippen LogP contribution in [0.5, 0.6) is 0 Å². The number of carbonyl (C=O) groups is 1. The molecule has 3 saturated carbocycles. The van der Waals surface area contributed by atoms with E-state index in [9.17, 15) is 4.79 Å². The van der Waals surface area contributed by atoms with Gasteiger partial charge in [0.15, 0.2) is 0 Å². The zero-order chi connectivity index (χ0) is 14.7. The van der Waals surface area contributed by atoms with Crippen LogP contribution in [0, 0.1) is 11.3 Å². The average Bonchev–Trinajstić information content (AvgIpc) is 2.98. The number of aromatic nitrogens is 2. The summed E-state index contributed by atoms with van der Waals surface area (Å²) in [5, 5.41) is 8.52. The molecule has 0 spiro atoms. The molecule has 0 saturated heterocycles. The number of benzene rings is 1. The maximum atomic E-state index is 12.9. The molecule has 1 aromatic carbocycles. The standard InChI is InChI=1S/C18H21N3O/c22-17-13-2-1-3-14-16(13)15(20-19-14)10-21(17)11-18-7-4-12(5-8-18)6-9-18/h1-3,12H,4-11H2,(H,19,20). The number of aromatic amines is 1. The lowest BCUT2D eigenvalue weighted by atomic mass is 9.60. The molecule has 2 aromatic rings. The van der Waals surface area contributed by atoms with E-state index in [0.29, 0.717) is 12.0 Å². The lowest BCUT2D eigenvalue weighted by molar-refractivity contribution is 0.0210. The summed E-state index contributed by atoms with van der Waals surface area (Å²) < 4.78 is 0. The Morgan fingerprint density at radius 2 is 2.00 bits per heavy atom. The molecule has 1 N–H and O–H groups in total. The van der Waals surface area contributed by atoms with Crippen LogP contribution in [0.15, 0.2) is 18.2 Å². The van der Waals surface area contributed by atoms with Gasteiger partial charge in [-0.2, -0.15) is 5.10 Å². The minimum absolute atomic E-state index is 0.196. The van der Waals surface area contributed by atoms with Gasteiger partial charge in [-0.15, -0.1) is 0 Å². The van der Waals surface area contributed by atoms with Gasteiger partial charge in [0.1, 0.15) is 0 Å². The van der Waals surface area contributed by atoms with Crippen molar-refractivity contribution in [3.8, 4) is 0 Å². The van der Waals surface area contributed by atoms with Gasteiger partial charge in [0.25, 0.3) is 5.91 Å². The van der Waals surface area contributed by atoms with E-state index in [1.54, 1.807) is 0 Å². The number of fused-ring (bicyclic) bond motifs is 3. The quantitative estimate of drug-likeness (QED) is 0.922. The highest BCUT2D eigenvalue weighted by molar-refractivity contribution is 6.08. The average molecular weight is 295 g/mol. The minimum Gasteiger partial charge on any atom is -0.332 e. The van der Waals surface area contributed by atoms with Crippen molar-refractivity contribution in [1.82, 2.24) is 15.1 Å². The van der Waals surface area contributed by atoms with E-state index in [1.807, 2.05) is 18.2 Å². The molecule has 0 atom stereocenters. The fourth-order valence-corrected chi connectivity index (χ4v) is 4.97. The van der Waals surface area contributed by atoms with Crippen molar-refractivity contribution in [2.75, 3.05) is 6.54 Å². The summed E-state index contributed by atoms with van der Waals surface area (Å²) in [5.41, 5.74) is 3.23. The lowest BCUT2D eigenvalue weighted by Crippen LogP contribution is -2.46. The minimum atomic E-state index is 0.196. The Hall–Kier alpha value is -1.84. The van der Waals surface area contributed by atoms with E-state index in [-0.39, 0.29) is 5.91 Å². The summed E-state index contributed by atoms with van der Waals surface area (Å²) in [6.45, 7) is 1.62. The fraction of sp³-hybridized carbons (Fsp3) is 0.556. The largest absolute Gasteiger partial charge is 0.332 e. The molecule has 2 bridgehead atoms. The summed E-state index contributed by atoms with van der Waals surface area (Å²) in [4.78, 5) is 15.0. The van der Waals surface area contributed by atoms with Crippen LogP contribution in [0.2, 0.25) is 0 Å². The van der Waals surface area contributed by atoms with Crippen LogP contribution < -0.4 is 0 Å². The van der Waals surface area contributed by atoms with E-state index in [2.05, 4.69) is 15.1 Å². The fourth-order valence-electron chi connectivity index (χ4n) is 4.97. The number of hydrogen-bond donors (Lipinski definition) is 1. The Balaban J connectivity index is 1.49. The van der Waals surface area contributed by atoms with Gasteiger partial charge in [0, 0.05) is 11.9 Å². The second-order valence-electron chi connectivity index (χ2n) is 7.55. The van der Waals surface area contributed by atoms with Gasteiger partial charge < -0.3 is 4.90 Å². The highest BCUT2D eigenvalue weighted by Crippen LogP contribution is 2.51. The third kappa shape index (κ3) is 1.70. The van der Waals surface area contributed by atoms with Crippen molar-refractivity contribution in [2.45, 2.75) is 45.1 Å². The van der Waals surface area contributed by atoms with E-state index < -0.39 is 0 Å². The Morgan fingerprint density at radius 1 is 1.23 bits per heavy atom. The Bertz CT molecular complexity index is 741. The molecular weight excluding hydrogens is 274 g/mol. The highest BCUT2D eigenvalue weighted by atomic mass is 16.2. The second-order valence-corrected chi connectivity index (χ2v) is 7.55. The first kappa shape index (κ1) is 12.7. The third-order valence-corrected chi connectivity index (χ3v) is 6.30. The first-order valence-corrected chi connectivity index (χ1v) is 8.49. The predicted octanol–water partition coefficient (Wildman–Crippen LogP) is 3.49. The van der Waals surface area contributed by atoms with Gasteiger partial charge in [-0.05, 0) is 62.0 Å². The van der Waals surface area contributed by atoms with Crippen molar-refractivity contribution >= 4 is 16.8 Å². The maximum absolute atomic E-state index is 12.9. The normalized spacial score (nSPS) is 30.3. The summed E-state index contributed by atoms with van der Waals surface area (Å²) in [5.74, 6) is 1.16. The van der Waals surface area contributed by atoms with Crippen LogP contribution in [0.1, 0.15) is 54.6 Å². The van der Waals surface area contributed by atoms with Crippen molar-refractivity contribution in [3.05, 3.63) is 29.5 Å². The molecule has 3 aliphatic carbocycles. The topological polar surface area (TPSA) is 49.0 Å². The zero-order valence-electron chi connectivity index (χ0n) is 12.8. The predicted molar refractivity (Wildman–Crippen MR) is 84.5 cm³/mol. The Kier molecular flexibility index (Phi) is 2.50. The van der Waals surface area contributed by atoms with Crippen molar-refractivity contribution in [3.63, 3.8) is 0 Å². The van der Waals surface area contributed by atoms with Gasteiger partial charge in [-0.25, -0.2) is 0 Å². The van der Waals surface area contributed by atoms with E-state index in [4.69, 9.17) is 0 Å². The number of H-pyrrole nitrogens is 1. The van der Waals surface area contributed by atoms with Gasteiger partial charge in [0.2, 0.25) is 0 Å². The van der Waals surface area contributed by atoms with Crippen LogP contribution in [-0.2, 0) is 6.54 Å². The molecular formula is C18H21N3O. The van der Waals surface area contributed by atoms with Gasteiger partial charge in [-0.3, -0.25) is 9.89 Å². The van der Waals surface area contributed by atoms with Crippen molar-refractivity contribution in [1.29, 1.82) is 0 Å². The number of carbonyl (C=O) groups excluding carboxylic acids is 1. The molecule has 1 amide bonds. The Labute approximate surface area is 129 Å². The van der Waals surface area contributed by atoms with Crippen LogP contribution in [-0.4, -0.2) is 27.5 Å². The van der Waals surface area contributed by atoms with Crippen LogP contribution in [0.4, 0.5) is 0 Å². The summed E-state index contributed by atoms with van der Waals surface area (Å²) in [7, 11) is 0. The second kappa shape index (κ2) is 4.34. The smallest absolute Gasteiger partial charge is 0.254 e. The number of nitrogens with zero attached hydrogens (tertiary/aromatic N) is 2. The first-order chi connectivity index (χ1) is 10.7. The molecule has 114 valence electrons. The number of rotatable bonds is 2. The SMILES string of the molecule is O=C1c2cccc3n[nH]c(c23)CN1CC12CCC(CC1)CC2. The molecule has 0 radical (unpaired) electrons. The summed E-state index contributed by atoms with van der Waals surface area (Å²) >= 11 is 0. The van der Waals surface area contributed by atoms with Gasteiger partial charge in [0.05, 0.1) is 23.3 Å². The third-order valence-electron chi connectivity index (χ3n) is 6.30. The maximum Gasteiger partial charge on any atom is 0.254 e. The van der Waals surface area contributed by atoms with Crippen molar-refractivity contribution in [2.24, 2.45) is 11.3 Å². The Morgan fingerprint density at radius 3 is 2.77 bits per heavy atom. The molecule has 0 unspecified atom stereocenters. The summed E-state index contributed by atoms with van der Waals surface area (Å²) in [6, 6.07) is 5.86. The van der Waals surface area contributed by atoms with Gasteiger partial charge >= 0.3 is 0 Å². The molecule has 4 nitrogen and oxygen atoms in total. The number of hydrogen-bond acceptors (Lipinski definition) is 2. The molecule has 2 heterocycles. The van der Waals surface area contributed by atoms with Crippen LogP contribution in [0.25, 0.3) is 10.9 Å². The molecule has 1 aromatic heterocycles. The van der Waals surface area contributed by atoms with Gasteiger partial charge in [-0.1, -0.05) is 6.07 Å². The van der Waals surface area contributed by atoms with E-state index in [1.165, 1.54) is 38.5 Å². The molecule has 4 aliphatic rings. The number of nitrogens with one attached hydrogen (secondary N) is 1. The summed E-state index contributed by atoms with van der Waals surface area (Å²) in [6.07, 6.45) is 8.03. The molecule has 1 aliphatic heterocycles. The van der Waals surface area contributed by atoms with Crippen LogP contribution >= 0.6 is 0 Å². The van der Waals surface area contributed by atoms with Crippen molar-refractivity contribution < 1.29 is 4.79 Å². The molecule has 6 rings (SSSR count). The molecule has 4 heteroatoms. The van der Waals surface area contributed by atoms with E-state index >= 15 is 0 Å². The highest BCUT2D eigenvalue weighted by Gasteiger charge is 2.43. The molecule has 22 heavy (non-hydrogen) atoms. The van der Waals surface area contributed by atoms with Crippen LogP contribution in [0.3, 0.4) is 0 Å².